The molecular weight excluding hydrogens is 714 g/mol. The van der Waals surface area contributed by atoms with Crippen LogP contribution in [-0.2, 0) is 25.9 Å². The van der Waals surface area contributed by atoms with Crippen molar-refractivity contribution < 1.29 is 35.6 Å². The average molecular weight is 755 g/mol. The molecule has 0 spiro atoms. The number of hydrogen-bond acceptors (Lipinski definition) is 7. The molecule has 1 unspecified atom stereocenters. The molecular formula is C33H40N5O4W-. The van der Waals surface area contributed by atoms with Crippen molar-refractivity contribution in [2.24, 2.45) is 5.73 Å². The first-order valence-electron chi connectivity index (χ1n) is 14.3. The van der Waals surface area contributed by atoms with Crippen LogP contribution in [0.5, 0.6) is 0 Å². The molecule has 9 nitrogen and oxygen atoms in total. The average Bonchev–Trinajstić information content (AvgIpc) is 3.40. The summed E-state index contributed by atoms with van der Waals surface area (Å²) >= 11 is 0. The number of carbonyl (C=O) groups excluding carboxylic acids is 1. The van der Waals surface area contributed by atoms with Crippen LogP contribution in [0, 0.1) is 22.0 Å². The molecule has 3 aromatic rings. The van der Waals surface area contributed by atoms with E-state index in [-0.39, 0.29) is 26.8 Å². The molecule has 43 heavy (non-hydrogen) atoms. The molecule has 2 N–H and O–H groups in total. The van der Waals surface area contributed by atoms with Gasteiger partial charge in [0.2, 0.25) is 0 Å². The summed E-state index contributed by atoms with van der Waals surface area (Å²) in [5.41, 5.74) is 13.6. The fourth-order valence-corrected chi connectivity index (χ4v) is 4.53. The molecule has 4 rings (SSSR count). The van der Waals surface area contributed by atoms with Gasteiger partial charge in [-0.2, -0.15) is 0 Å². The minimum absolute atomic E-state index is 0. The second-order valence-corrected chi connectivity index (χ2v) is 10.2. The molecule has 3 aromatic carbocycles. The normalized spacial score (nSPS) is 14.1. The monoisotopic (exact) mass is 754 g/mol. The van der Waals surface area contributed by atoms with Crippen LogP contribution in [0.2, 0.25) is 0 Å². The Morgan fingerprint density at radius 1 is 1.12 bits per heavy atom. The Bertz CT molecular complexity index is 1370. The van der Waals surface area contributed by atoms with E-state index in [1.54, 1.807) is 24.3 Å². The molecule has 1 atom stereocenters. The zero-order valence-corrected chi connectivity index (χ0v) is 28.0. The van der Waals surface area contributed by atoms with Crippen LogP contribution in [0.4, 0.5) is 11.4 Å². The Balaban J connectivity index is 0.000000707. The number of likely N-dealkylation sites (tertiary alicyclic amines) is 1. The number of nitrogens with two attached hydrogens (primary N) is 1. The van der Waals surface area contributed by atoms with Crippen LogP contribution >= 0.6 is 0 Å². The molecule has 0 amide bonds. The fourth-order valence-electron chi connectivity index (χ4n) is 4.53. The van der Waals surface area contributed by atoms with Crippen molar-refractivity contribution in [2.45, 2.75) is 32.7 Å². The van der Waals surface area contributed by atoms with Gasteiger partial charge in [0.25, 0.3) is 5.69 Å². The van der Waals surface area contributed by atoms with E-state index in [1.165, 1.54) is 25.1 Å². The number of nitro groups is 1. The largest absolute Gasteiger partial charge is 0.562 e. The van der Waals surface area contributed by atoms with Crippen molar-refractivity contribution >= 4 is 17.7 Å². The summed E-state index contributed by atoms with van der Waals surface area (Å²) in [6.07, 6.45) is 3.05. The van der Waals surface area contributed by atoms with Gasteiger partial charge < -0.3 is 25.9 Å². The van der Waals surface area contributed by atoms with E-state index >= 15 is 0 Å². The van der Waals surface area contributed by atoms with Crippen molar-refractivity contribution in [3.63, 3.8) is 0 Å². The van der Waals surface area contributed by atoms with Crippen LogP contribution < -0.4 is 5.73 Å². The summed E-state index contributed by atoms with van der Waals surface area (Å²) in [7, 11) is 2.10. The molecule has 0 aliphatic carbocycles. The maximum atomic E-state index is 11.3. The minimum atomic E-state index is -0.449. The topological polar surface area (TPSA) is 116 Å². The third kappa shape index (κ3) is 12.0. The van der Waals surface area contributed by atoms with E-state index in [4.69, 9.17) is 10.6 Å². The van der Waals surface area contributed by atoms with Crippen molar-refractivity contribution in [3.8, 4) is 23.0 Å². The predicted molar refractivity (Wildman–Crippen MR) is 168 cm³/mol. The van der Waals surface area contributed by atoms with Gasteiger partial charge in [0.05, 0.1) is 4.92 Å². The summed E-state index contributed by atoms with van der Waals surface area (Å²) in [6, 6.07) is 19.3. The van der Waals surface area contributed by atoms with Gasteiger partial charge in [-0.25, -0.2) is 0 Å². The Labute approximate surface area is 269 Å². The molecule has 1 aliphatic rings. The predicted octanol–water partition coefficient (Wildman–Crippen LogP) is 5.79. The molecule has 0 radical (unpaired) electrons. The zero-order valence-electron chi connectivity index (χ0n) is 25.1. The first-order chi connectivity index (χ1) is 20.3. The van der Waals surface area contributed by atoms with Gasteiger partial charge in [0.1, 0.15) is 6.29 Å². The van der Waals surface area contributed by atoms with Crippen molar-refractivity contribution in [3.05, 3.63) is 99.0 Å². The number of rotatable bonds is 11. The summed E-state index contributed by atoms with van der Waals surface area (Å²) < 4.78 is 0. The zero-order chi connectivity index (χ0) is 30.3. The molecule has 10 heteroatoms. The third-order valence-electron chi connectivity index (χ3n) is 6.84. The van der Waals surface area contributed by atoms with Crippen LogP contribution in [-0.4, -0.2) is 73.4 Å². The maximum absolute atomic E-state index is 11.3. The number of non-ortho nitro benzene ring substituents is 1. The number of aldehydes is 1. The minimum Gasteiger partial charge on any atom is -0.562 e. The van der Waals surface area contributed by atoms with Gasteiger partial charge in [0.15, 0.2) is 0 Å². The Morgan fingerprint density at radius 3 is 2.47 bits per heavy atom. The smallest absolute Gasteiger partial charge is 0.270 e. The third-order valence-corrected chi connectivity index (χ3v) is 6.84. The Kier molecular flexibility index (Phi) is 15.8. The van der Waals surface area contributed by atoms with E-state index in [0.717, 1.165) is 55.6 Å². The van der Waals surface area contributed by atoms with Gasteiger partial charge in [-0.1, -0.05) is 56.0 Å². The maximum Gasteiger partial charge on any atom is 0.270 e. The summed E-state index contributed by atoms with van der Waals surface area (Å²) in [5.74, 6) is 6.12. The number of nitro benzene ring substituents is 1. The molecule has 228 valence electrons. The summed E-state index contributed by atoms with van der Waals surface area (Å²) in [6.45, 7) is 9.94. The van der Waals surface area contributed by atoms with Gasteiger partial charge in [-0.05, 0) is 74.9 Å². The molecule has 1 heterocycles. The van der Waals surface area contributed by atoms with Crippen LogP contribution in [0.25, 0.3) is 16.6 Å². The SMILES string of the molecule is CCCN(CC)CCO[N-]c1ccc(C#Cc2cc([N+](=O)[O-])ccc2-c2cccc(C=O)c2)cc1.CN1CCC(N)C1.[W]. The molecule has 1 aliphatic heterocycles. The molecule has 0 aromatic heterocycles. The second kappa shape index (κ2) is 19.0. The van der Waals surface area contributed by atoms with E-state index in [9.17, 15) is 14.9 Å². The van der Waals surface area contributed by atoms with Crippen molar-refractivity contribution in [1.29, 1.82) is 0 Å². The number of likely N-dealkylation sites (N-methyl/N-ethyl adjacent to an activating group) is 2. The molecule has 1 saturated heterocycles. The molecule has 0 saturated carbocycles. The van der Waals surface area contributed by atoms with E-state index in [1.807, 2.05) is 30.3 Å². The van der Waals surface area contributed by atoms with Crippen molar-refractivity contribution in [1.82, 2.24) is 9.80 Å². The number of benzene rings is 3. The van der Waals surface area contributed by atoms with Crippen LogP contribution in [0.1, 0.15) is 48.2 Å². The first kappa shape index (κ1) is 35.8. The fraction of sp³-hybridized carbons (Fsp3) is 0.364. The van der Waals surface area contributed by atoms with Crippen LogP contribution in [0.15, 0.2) is 66.7 Å². The molecule has 0 bridgehead atoms. The first-order valence-corrected chi connectivity index (χ1v) is 14.3. The van der Waals surface area contributed by atoms with E-state index in [0.29, 0.717) is 29.5 Å². The van der Waals surface area contributed by atoms with Crippen molar-refractivity contribution in [2.75, 3.05) is 46.4 Å². The second-order valence-electron chi connectivity index (χ2n) is 10.2. The van der Waals surface area contributed by atoms with E-state index < -0.39 is 4.92 Å². The van der Waals surface area contributed by atoms with E-state index in [2.05, 4.69) is 48.0 Å². The summed E-state index contributed by atoms with van der Waals surface area (Å²) in [5, 5.41) is 11.3. The number of hydrogen-bond donors (Lipinski definition) is 1. The standard InChI is InChI=1S/C28H28N3O4.C5H12N2.W/c1-3-16-30(4-2)17-18-35-29-26-12-9-22(10-13-26)8-11-25-20-27(31(33)34)14-15-28(25)24-7-5-6-23(19-24)21-32;1-7-3-2-5(6)4-7;/h5-7,9-10,12-15,19-21H,3-4,16-18H2,1-2H3;5H,2-4,6H2,1H3;/q-1;;. The quantitative estimate of drug-likeness (QED) is 0.0867. The number of nitrogens with zero attached hydrogens (tertiary/aromatic N) is 4. The Hall–Kier alpha value is -3.38. The van der Waals surface area contributed by atoms with Crippen LogP contribution in [0.3, 0.4) is 0 Å². The summed E-state index contributed by atoms with van der Waals surface area (Å²) in [4.78, 5) is 32.0. The van der Waals surface area contributed by atoms with Gasteiger partial charge in [-0.15, -0.1) is 5.69 Å². The van der Waals surface area contributed by atoms with Gasteiger partial charge >= 0.3 is 0 Å². The Morgan fingerprint density at radius 2 is 1.88 bits per heavy atom. The number of carbonyl (C=O) groups is 1. The molecule has 1 fully saturated rings. The van der Waals surface area contributed by atoms with Gasteiger partial charge in [0, 0.05) is 75.6 Å². The van der Waals surface area contributed by atoms with Gasteiger partial charge in [-0.3, -0.25) is 14.9 Å².